The molecule has 0 saturated carbocycles. The highest BCUT2D eigenvalue weighted by molar-refractivity contribution is 6.30. The van der Waals surface area contributed by atoms with E-state index in [1.807, 2.05) is 6.92 Å². The van der Waals surface area contributed by atoms with Gasteiger partial charge in [0.15, 0.2) is 0 Å². The van der Waals surface area contributed by atoms with Gasteiger partial charge in [0.25, 0.3) is 0 Å². The van der Waals surface area contributed by atoms with Crippen molar-refractivity contribution in [3.63, 3.8) is 0 Å². The third-order valence-corrected chi connectivity index (χ3v) is 2.67. The van der Waals surface area contributed by atoms with E-state index in [0.29, 0.717) is 10.6 Å². The maximum atomic E-state index is 11.2. The number of ether oxygens (including phenoxy) is 1. The van der Waals surface area contributed by atoms with Crippen LogP contribution >= 0.6 is 11.6 Å². The van der Waals surface area contributed by atoms with Crippen LogP contribution in [0.4, 0.5) is 0 Å². The summed E-state index contributed by atoms with van der Waals surface area (Å²) in [5.74, 6) is -0.539. The minimum atomic E-state index is -1.21. The quantitative estimate of drug-likeness (QED) is 0.805. The molecule has 5 heteroatoms. The number of aryl methyl sites for hydroxylation is 1. The summed E-state index contributed by atoms with van der Waals surface area (Å²) in [4.78, 5) is 11.2. The minimum Gasteiger partial charge on any atom is -0.466 e. The second kappa shape index (κ2) is 6.73. The Labute approximate surface area is 111 Å². The van der Waals surface area contributed by atoms with Gasteiger partial charge < -0.3 is 14.9 Å². The summed E-state index contributed by atoms with van der Waals surface area (Å²) in [6.45, 7) is 3.76. The summed E-state index contributed by atoms with van der Waals surface area (Å²) in [6.07, 6.45) is -2.62. The van der Waals surface area contributed by atoms with Crippen LogP contribution in [0.3, 0.4) is 0 Å². The van der Waals surface area contributed by atoms with Gasteiger partial charge in [-0.25, -0.2) is 0 Å². The molecule has 1 rings (SSSR count). The van der Waals surface area contributed by atoms with Gasteiger partial charge in [0, 0.05) is 5.02 Å². The molecule has 2 atom stereocenters. The van der Waals surface area contributed by atoms with Crippen LogP contribution in [-0.2, 0) is 9.53 Å². The molecule has 0 aliphatic rings. The van der Waals surface area contributed by atoms with Crippen LogP contribution in [0.15, 0.2) is 18.2 Å². The van der Waals surface area contributed by atoms with Crippen LogP contribution in [0.2, 0.25) is 5.02 Å². The van der Waals surface area contributed by atoms with Crippen molar-refractivity contribution in [3.8, 4) is 0 Å². The first kappa shape index (κ1) is 15.0. The van der Waals surface area contributed by atoms with Gasteiger partial charge in [-0.3, -0.25) is 4.79 Å². The molecule has 1 aromatic carbocycles. The number of carbonyl (C=O) groups is 1. The van der Waals surface area contributed by atoms with Crippen molar-refractivity contribution in [1.29, 1.82) is 0 Å². The van der Waals surface area contributed by atoms with Crippen molar-refractivity contribution < 1.29 is 19.7 Å². The second-order valence-corrected chi connectivity index (χ2v) is 4.52. The zero-order valence-electron chi connectivity index (χ0n) is 10.4. The van der Waals surface area contributed by atoms with E-state index >= 15 is 0 Å². The highest BCUT2D eigenvalue weighted by Gasteiger charge is 2.22. The van der Waals surface area contributed by atoms with Gasteiger partial charge in [0.2, 0.25) is 0 Å². The summed E-state index contributed by atoms with van der Waals surface area (Å²) < 4.78 is 4.71. The Kier molecular flexibility index (Phi) is 5.59. The standard InChI is InChI=1S/C13H17ClO4/c1-3-18-12(16)7-11(15)13(17)9-4-8(2)5-10(14)6-9/h4-6,11,13,15,17H,3,7H2,1-2H3. The van der Waals surface area contributed by atoms with E-state index in [-0.39, 0.29) is 13.0 Å². The molecule has 0 amide bonds. The number of carbonyl (C=O) groups excluding carboxylic acids is 1. The van der Waals surface area contributed by atoms with Gasteiger partial charge in [0.1, 0.15) is 6.10 Å². The van der Waals surface area contributed by atoms with Crippen molar-refractivity contribution >= 4 is 17.6 Å². The molecule has 2 N–H and O–H groups in total. The van der Waals surface area contributed by atoms with Crippen LogP contribution in [0, 0.1) is 6.92 Å². The Bertz CT molecular complexity index is 399. The van der Waals surface area contributed by atoms with Gasteiger partial charge in [-0.1, -0.05) is 17.7 Å². The molecule has 0 saturated heterocycles. The first-order chi connectivity index (χ1) is 8.43. The molecular formula is C13H17ClO4. The zero-order chi connectivity index (χ0) is 13.7. The van der Waals surface area contributed by atoms with Crippen molar-refractivity contribution in [1.82, 2.24) is 0 Å². The Morgan fingerprint density at radius 2 is 2.06 bits per heavy atom. The molecule has 0 aromatic heterocycles. The lowest BCUT2D eigenvalue weighted by atomic mass is 10.0. The minimum absolute atomic E-state index is 0.248. The van der Waals surface area contributed by atoms with E-state index < -0.39 is 18.2 Å². The smallest absolute Gasteiger partial charge is 0.308 e. The first-order valence-corrected chi connectivity index (χ1v) is 6.10. The van der Waals surface area contributed by atoms with Crippen molar-refractivity contribution in [2.75, 3.05) is 6.61 Å². The fraction of sp³-hybridized carbons (Fsp3) is 0.462. The van der Waals surface area contributed by atoms with Crippen molar-refractivity contribution in [2.45, 2.75) is 32.5 Å². The molecule has 4 nitrogen and oxygen atoms in total. The maximum Gasteiger partial charge on any atom is 0.308 e. The maximum absolute atomic E-state index is 11.2. The van der Waals surface area contributed by atoms with Crippen LogP contribution in [0.1, 0.15) is 30.6 Å². The lowest BCUT2D eigenvalue weighted by Gasteiger charge is -2.18. The van der Waals surface area contributed by atoms with E-state index in [0.717, 1.165) is 5.56 Å². The third kappa shape index (κ3) is 4.29. The van der Waals surface area contributed by atoms with Crippen LogP contribution in [0.5, 0.6) is 0 Å². The molecule has 2 unspecified atom stereocenters. The average Bonchev–Trinajstić information content (AvgIpc) is 2.26. The number of halogens is 1. The predicted octanol–water partition coefficient (Wildman–Crippen LogP) is 2.00. The normalized spacial score (nSPS) is 14.1. The summed E-state index contributed by atoms with van der Waals surface area (Å²) in [7, 11) is 0. The summed E-state index contributed by atoms with van der Waals surface area (Å²) in [5.41, 5.74) is 1.36. The Morgan fingerprint density at radius 1 is 1.39 bits per heavy atom. The lowest BCUT2D eigenvalue weighted by molar-refractivity contribution is -0.147. The molecule has 0 radical (unpaired) electrons. The average molecular weight is 273 g/mol. The molecule has 0 aliphatic heterocycles. The van der Waals surface area contributed by atoms with Crippen LogP contribution in [-0.4, -0.2) is 28.9 Å². The number of esters is 1. The fourth-order valence-corrected chi connectivity index (χ4v) is 1.96. The van der Waals surface area contributed by atoms with Gasteiger partial charge >= 0.3 is 5.97 Å². The number of hydrogen-bond acceptors (Lipinski definition) is 4. The molecule has 0 heterocycles. The summed E-state index contributed by atoms with van der Waals surface area (Å²) in [5, 5.41) is 20.2. The van der Waals surface area contributed by atoms with E-state index in [1.54, 1.807) is 25.1 Å². The molecule has 0 aliphatic carbocycles. The monoisotopic (exact) mass is 272 g/mol. The summed E-state index contributed by atoms with van der Waals surface area (Å²) in [6, 6.07) is 5.02. The fourth-order valence-electron chi connectivity index (χ4n) is 1.66. The van der Waals surface area contributed by atoms with E-state index in [2.05, 4.69) is 0 Å². The van der Waals surface area contributed by atoms with Gasteiger partial charge in [-0.15, -0.1) is 0 Å². The number of rotatable bonds is 5. The van der Waals surface area contributed by atoms with Crippen LogP contribution in [0.25, 0.3) is 0 Å². The SMILES string of the molecule is CCOC(=O)CC(O)C(O)c1cc(C)cc(Cl)c1. The van der Waals surface area contributed by atoms with E-state index in [1.165, 1.54) is 0 Å². The Balaban J connectivity index is 2.73. The van der Waals surface area contributed by atoms with Crippen LogP contribution < -0.4 is 0 Å². The Hall–Kier alpha value is -1.10. The van der Waals surface area contributed by atoms with Gasteiger partial charge in [0.05, 0.1) is 19.1 Å². The summed E-state index contributed by atoms with van der Waals surface area (Å²) >= 11 is 5.87. The lowest BCUT2D eigenvalue weighted by Crippen LogP contribution is -2.23. The topological polar surface area (TPSA) is 66.8 Å². The highest BCUT2D eigenvalue weighted by atomic mass is 35.5. The molecular weight excluding hydrogens is 256 g/mol. The highest BCUT2D eigenvalue weighted by Crippen LogP contribution is 2.24. The molecule has 18 heavy (non-hydrogen) atoms. The van der Waals surface area contributed by atoms with E-state index in [9.17, 15) is 15.0 Å². The van der Waals surface area contributed by atoms with Gasteiger partial charge in [-0.2, -0.15) is 0 Å². The molecule has 0 fully saturated rings. The zero-order valence-corrected chi connectivity index (χ0v) is 11.1. The number of aliphatic hydroxyl groups is 2. The molecule has 0 spiro atoms. The first-order valence-electron chi connectivity index (χ1n) is 5.73. The molecule has 100 valence electrons. The predicted molar refractivity (Wildman–Crippen MR) is 68.4 cm³/mol. The molecule has 0 bridgehead atoms. The molecule has 1 aromatic rings. The second-order valence-electron chi connectivity index (χ2n) is 4.08. The van der Waals surface area contributed by atoms with Gasteiger partial charge in [-0.05, 0) is 37.1 Å². The number of benzene rings is 1. The van der Waals surface area contributed by atoms with Crippen molar-refractivity contribution in [2.24, 2.45) is 0 Å². The third-order valence-electron chi connectivity index (χ3n) is 2.45. The largest absolute Gasteiger partial charge is 0.466 e. The van der Waals surface area contributed by atoms with Crippen molar-refractivity contribution in [3.05, 3.63) is 34.3 Å². The number of hydrogen-bond donors (Lipinski definition) is 2. The number of aliphatic hydroxyl groups excluding tert-OH is 2. The van der Waals surface area contributed by atoms with E-state index in [4.69, 9.17) is 16.3 Å². The Morgan fingerprint density at radius 3 is 2.61 bits per heavy atom.